The highest BCUT2D eigenvalue weighted by Crippen LogP contribution is 2.21. The Labute approximate surface area is 203 Å². The monoisotopic (exact) mass is 469 g/mol. The van der Waals surface area contributed by atoms with Crippen LogP contribution in [0.25, 0.3) is 21.8 Å². The zero-order valence-corrected chi connectivity index (χ0v) is 19.3. The Morgan fingerprint density at radius 1 is 0.912 bits per heavy atom. The number of amides is 1. The molecule has 0 aliphatic carbocycles. The number of carbonyl (C=O) groups excluding carboxylic acids is 1. The van der Waals surface area contributed by atoms with Crippen LogP contribution in [0.1, 0.15) is 22.6 Å². The van der Waals surface area contributed by atoms with E-state index >= 15 is 0 Å². The van der Waals surface area contributed by atoms with Gasteiger partial charge in [-0.1, -0.05) is 66.2 Å². The van der Waals surface area contributed by atoms with Crippen LogP contribution in [-0.2, 0) is 13.1 Å². The molecule has 0 unspecified atom stereocenters. The lowest BCUT2D eigenvalue weighted by molar-refractivity contribution is 0.0949. The smallest absolute Gasteiger partial charge is 0.253 e. The fourth-order valence-corrected chi connectivity index (χ4v) is 4.30. The molecule has 0 radical (unpaired) electrons. The number of aryl methyl sites for hydroxylation is 1. The molecule has 0 spiro atoms. The Kier molecular flexibility index (Phi) is 6.45. The Bertz CT molecular complexity index is 1460. The van der Waals surface area contributed by atoms with E-state index < -0.39 is 0 Å². The summed E-state index contributed by atoms with van der Waals surface area (Å²) in [5, 5.41) is 5.74. The third-order valence-corrected chi connectivity index (χ3v) is 6.10. The number of ether oxygens (including phenoxy) is 1. The van der Waals surface area contributed by atoms with Crippen LogP contribution in [0, 0.1) is 0 Å². The number of halogens is 1. The zero-order valence-electron chi connectivity index (χ0n) is 18.6. The number of hydrogen-bond donors (Lipinski definition) is 1. The maximum absolute atomic E-state index is 12.6. The molecular formula is C28H24ClN3O2. The molecular weight excluding hydrogens is 446 g/mol. The lowest BCUT2D eigenvalue weighted by Crippen LogP contribution is -2.25. The molecule has 0 atom stereocenters. The number of aromatic nitrogens is 2. The predicted octanol–water partition coefficient (Wildman–Crippen LogP) is 6.24. The maximum atomic E-state index is 12.6. The molecule has 0 bridgehead atoms. The summed E-state index contributed by atoms with van der Waals surface area (Å²) < 4.78 is 8.16. The minimum absolute atomic E-state index is 0.219. The van der Waals surface area contributed by atoms with Crippen LogP contribution in [0.2, 0.25) is 5.02 Å². The molecule has 34 heavy (non-hydrogen) atoms. The highest BCUT2D eigenvalue weighted by molar-refractivity contribution is 6.33. The van der Waals surface area contributed by atoms with Crippen molar-refractivity contribution in [2.24, 2.45) is 0 Å². The lowest BCUT2D eigenvalue weighted by atomic mass is 10.1. The van der Waals surface area contributed by atoms with Crippen LogP contribution in [0.4, 0.5) is 0 Å². The fourth-order valence-electron chi connectivity index (χ4n) is 4.08. The second-order valence-electron chi connectivity index (χ2n) is 8.04. The molecule has 0 saturated heterocycles. The van der Waals surface area contributed by atoms with Gasteiger partial charge < -0.3 is 14.6 Å². The van der Waals surface area contributed by atoms with E-state index in [0.717, 1.165) is 41.0 Å². The molecule has 1 aromatic heterocycles. The van der Waals surface area contributed by atoms with Crippen LogP contribution in [-0.4, -0.2) is 22.1 Å². The Morgan fingerprint density at radius 3 is 2.56 bits per heavy atom. The summed E-state index contributed by atoms with van der Waals surface area (Å²) in [5.41, 5.74) is 2.39. The van der Waals surface area contributed by atoms with Crippen molar-refractivity contribution < 1.29 is 9.53 Å². The highest BCUT2D eigenvalue weighted by Gasteiger charge is 2.14. The number of carbonyl (C=O) groups is 1. The third-order valence-electron chi connectivity index (χ3n) is 5.77. The van der Waals surface area contributed by atoms with Crippen molar-refractivity contribution in [2.75, 3.05) is 6.61 Å². The quantitative estimate of drug-likeness (QED) is 0.273. The minimum Gasteiger partial charge on any atom is -0.494 e. The molecule has 0 fully saturated rings. The van der Waals surface area contributed by atoms with Gasteiger partial charge in [0.2, 0.25) is 0 Å². The summed E-state index contributed by atoms with van der Waals surface area (Å²) in [5.74, 6) is 1.44. The molecule has 0 aliphatic rings. The maximum Gasteiger partial charge on any atom is 0.253 e. The third kappa shape index (κ3) is 4.75. The van der Waals surface area contributed by atoms with Crippen molar-refractivity contribution in [2.45, 2.75) is 19.5 Å². The van der Waals surface area contributed by atoms with Crippen molar-refractivity contribution in [3.8, 4) is 5.75 Å². The molecule has 1 N–H and O–H groups in total. The summed E-state index contributed by atoms with van der Waals surface area (Å²) in [6, 6.07) is 29.4. The Balaban J connectivity index is 1.26. The molecule has 5 rings (SSSR count). The van der Waals surface area contributed by atoms with Gasteiger partial charge in [0, 0.05) is 6.54 Å². The van der Waals surface area contributed by atoms with Gasteiger partial charge in [-0.2, -0.15) is 0 Å². The van der Waals surface area contributed by atoms with E-state index in [9.17, 15) is 4.79 Å². The van der Waals surface area contributed by atoms with E-state index in [2.05, 4.69) is 34.1 Å². The normalized spacial score (nSPS) is 11.1. The van der Waals surface area contributed by atoms with E-state index in [1.807, 2.05) is 42.5 Å². The van der Waals surface area contributed by atoms with Crippen molar-refractivity contribution >= 4 is 39.3 Å². The van der Waals surface area contributed by atoms with Crippen LogP contribution < -0.4 is 10.1 Å². The molecule has 4 aromatic carbocycles. The first-order valence-electron chi connectivity index (χ1n) is 11.3. The van der Waals surface area contributed by atoms with Crippen molar-refractivity contribution in [3.05, 3.63) is 107 Å². The number of nitrogens with one attached hydrogen (secondary N) is 1. The number of fused-ring (bicyclic) bond motifs is 2. The van der Waals surface area contributed by atoms with E-state index in [-0.39, 0.29) is 5.91 Å². The molecule has 0 saturated carbocycles. The minimum atomic E-state index is -0.219. The SMILES string of the molecule is O=C(NCc1nc2ccccc2n1CCCOc1ccc2ccccc2c1)c1ccccc1Cl. The molecule has 0 aliphatic heterocycles. The lowest BCUT2D eigenvalue weighted by Gasteiger charge is -2.12. The second-order valence-corrected chi connectivity index (χ2v) is 8.45. The summed E-state index contributed by atoms with van der Waals surface area (Å²) in [4.78, 5) is 17.4. The second kappa shape index (κ2) is 9.98. The van der Waals surface area contributed by atoms with Crippen LogP contribution in [0.3, 0.4) is 0 Å². The first-order chi connectivity index (χ1) is 16.7. The standard InChI is InChI=1S/C28H24ClN3O2/c29-24-11-4-3-10-23(24)28(33)30-19-27-31-25-12-5-6-13-26(25)32(27)16-7-17-34-22-15-14-20-8-1-2-9-21(20)18-22/h1-6,8-15,18H,7,16-17,19H2,(H,30,33). The van der Waals surface area contributed by atoms with Gasteiger partial charge in [0.25, 0.3) is 5.91 Å². The summed E-state index contributed by atoms with van der Waals surface area (Å²) in [6.07, 6.45) is 0.804. The van der Waals surface area contributed by atoms with E-state index in [1.54, 1.807) is 24.3 Å². The fraction of sp³-hybridized carbons (Fsp3) is 0.143. The van der Waals surface area contributed by atoms with E-state index in [0.29, 0.717) is 23.7 Å². The molecule has 1 heterocycles. The largest absolute Gasteiger partial charge is 0.494 e. The van der Waals surface area contributed by atoms with Crippen molar-refractivity contribution in [1.82, 2.24) is 14.9 Å². The Hall–Kier alpha value is -3.83. The van der Waals surface area contributed by atoms with Gasteiger partial charge in [0.15, 0.2) is 0 Å². The molecule has 6 heteroatoms. The summed E-state index contributed by atoms with van der Waals surface area (Å²) in [6.45, 7) is 1.62. The van der Waals surface area contributed by atoms with E-state index in [4.69, 9.17) is 21.3 Å². The molecule has 5 aromatic rings. The Morgan fingerprint density at radius 2 is 1.68 bits per heavy atom. The number of imidazole rings is 1. The average Bonchev–Trinajstić information content (AvgIpc) is 3.22. The summed E-state index contributed by atoms with van der Waals surface area (Å²) >= 11 is 6.17. The molecule has 170 valence electrons. The predicted molar refractivity (Wildman–Crippen MR) is 136 cm³/mol. The molecule has 1 amide bonds. The van der Waals surface area contributed by atoms with Crippen LogP contribution in [0.15, 0.2) is 91.0 Å². The van der Waals surface area contributed by atoms with Crippen molar-refractivity contribution in [1.29, 1.82) is 0 Å². The molecule has 5 nitrogen and oxygen atoms in total. The first-order valence-corrected chi connectivity index (χ1v) is 11.7. The average molecular weight is 470 g/mol. The highest BCUT2D eigenvalue weighted by atomic mass is 35.5. The van der Waals surface area contributed by atoms with Gasteiger partial charge in [-0.05, 0) is 53.6 Å². The van der Waals surface area contributed by atoms with Gasteiger partial charge in [-0.15, -0.1) is 0 Å². The van der Waals surface area contributed by atoms with E-state index in [1.165, 1.54) is 5.39 Å². The zero-order chi connectivity index (χ0) is 23.3. The summed E-state index contributed by atoms with van der Waals surface area (Å²) in [7, 11) is 0. The van der Waals surface area contributed by atoms with Crippen molar-refractivity contribution in [3.63, 3.8) is 0 Å². The number of rotatable bonds is 8. The number of nitrogens with zero attached hydrogens (tertiary/aromatic N) is 2. The topological polar surface area (TPSA) is 56.2 Å². The first kappa shape index (κ1) is 22.0. The number of hydrogen-bond acceptors (Lipinski definition) is 3. The van der Waals surface area contributed by atoms with Gasteiger partial charge in [-0.25, -0.2) is 4.98 Å². The number of benzene rings is 4. The van der Waals surface area contributed by atoms with Gasteiger partial charge in [-0.3, -0.25) is 4.79 Å². The number of para-hydroxylation sites is 2. The van der Waals surface area contributed by atoms with Crippen LogP contribution >= 0.6 is 11.6 Å². The van der Waals surface area contributed by atoms with Crippen LogP contribution in [0.5, 0.6) is 5.75 Å². The van der Waals surface area contributed by atoms with Gasteiger partial charge in [0.05, 0.1) is 34.8 Å². The van der Waals surface area contributed by atoms with Gasteiger partial charge >= 0.3 is 0 Å². The van der Waals surface area contributed by atoms with Gasteiger partial charge in [0.1, 0.15) is 11.6 Å².